The van der Waals surface area contributed by atoms with Crippen molar-refractivity contribution in [2.45, 2.75) is 6.36 Å². The highest BCUT2D eigenvalue weighted by Gasteiger charge is 2.31. The molecule has 9 heteroatoms. The highest BCUT2D eigenvalue weighted by atomic mass is 19.4. The molecule has 1 aliphatic rings. The molecule has 0 spiro atoms. The van der Waals surface area contributed by atoms with E-state index in [4.69, 9.17) is 9.15 Å². The summed E-state index contributed by atoms with van der Waals surface area (Å²) in [5.41, 5.74) is 0.787. The number of alkyl halides is 3. The maximum atomic E-state index is 12.9. The summed E-state index contributed by atoms with van der Waals surface area (Å²) in [7, 11) is 2.11. The van der Waals surface area contributed by atoms with E-state index in [1.54, 1.807) is 18.2 Å². The Morgan fingerprint density at radius 2 is 1.69 bits per heavy atom. The van der Waals surface area contributed by atoms with Crippen molar-refractivity contribution in [2.75, 3.05) is 46.4 Å². The molecule has 6 nitrogen and oxygen atoms in total. The van der Waals surface area contributed by atoms with Crippen molar-refractivity contribution in [3.05, 3.63) is 59.0 Å². The van der Waals surface area contributed by atoms with Gasteiger partial charge in [-0.25, -0.2) is 0 Å². The van der Waals surface area contributed by atoms with Crippen molar-refractivity contribution in [3.63, 3.8) is 0 Å². The number of piperazine rings is 1. The molecule has 0 aliphatic carbocycles. The Morgan fingerprint density at radius 3 is 2.38 bits per heavy atom. The second-order valence-electron chi connectivity index (χ2n) is 7.70. The lowest BCUT2D eigenvalue weighted by Crippen LogP contribution is -2.45. The summed E-state index contributed by atoms with van der Waals surface area (Å²) in [6.45, 7) is 5.47. The van der Waals surface area contributed by atoms with Crippen LogP contribution in [0.15, 0.2) is 57.9 Å². The van der Waals surface area contributed by atoms with E-state index < -0.39 is 6.36 Å². The largest absolute Gasteiger partial charge is 0.573 e. The van der Waals surface area contributed by atoms with Gasteiger partial charge >= 0.3 is 6.36 Å². The Labute approximate surface area is 182 Å². The first-order chi connectivity index (χ1) is 15.3. The molecule has 1 aromatic heterocycles. The average molecular weight is 448 g/mol. The lowest BCUT2D eigenvalue weighted by molar-refractivity contribution is -0.274. The maximum absolute atomic E-state index is 12.9. The number of ether oxygens (including phenoxy) is 2. The molecule has 2 heterocycles. The van der Waals surface area contributed by atoms with E-state index in [0.29, 0.717) is 28.9 Å². The molecular formula is C23H23F3N2O4. The Hall–Kier alpha value is -3.04. The van der Waals surface area contributed by atoms with Gasteiger partial charge in [0, 0.05) is 38.8 Å². The Bertz CT molecular complexity index is 1120. The molecule has 0 bridgehead atoms. The third kappa shape index (κ3) is 5.41. The Kier molecular flexibility index (Phi) is 6.38. The van der Waals surface area contributed by atoms with Crippen LogP contribution < -0.4 is 14.9 Å². The summed E-state index contributed by atoms with van der Waals surface area (Å²) in [5.74, 6) is 0.251. The van der Waals surface area contributed by atoms with Gasteiger partial charge in [0.25, 0.3) is 0 Å². The summed E-state index contributed by atoms with van der Waals surface area (Å²) in [5, 5.41) is 0.365. The third-order valence-corrected chi connectivity index (χ3v) is 5.42. The van der Waals surface area contributed by atoms with E-state index >= 15 is 0 Å². The van der Waals surface area contributed by atoms with Crippen LogP contribution in [-0.4, -0.2) is 62.5 Å². The van der Waals surface area contributed by atoms with Crippen molar-refractivity contribution in [2.24, 2.45) is 0 Å². The van der Waals surface area contributed by atoms with E-state index in [1.165, 1.54) is 18.4 Å². The Balaban J connectivity index is 1.44. The SMILES string of the molecule is CN1CCN(CCOc2ccc3c(=O)c(-c4ccc(OC(F)(F)F)cc4)coc3c2)CC1. The smallest absolute Gasteiger partial charge is 0.492 e. The molecule has 0 N–H and O–H groups in total. The zero-order valence-electron chi connectivity index (χ0n) is 17.5. The third-order valence-electron chi connectivity index (χ3n) is 5.42. The summed E-state index contributed by atoms with van der Waals surface area (Å²) >= 11 is 0. The fourth-order valence-electron chi connectivity index (χ4n) is 3.60. The topological polar surface area (TPSA) is 55.2 Å². The number of benzene rings is 2. The van der Waals surface area contributed by atoms with E-state index in [2.05, 4.69) is 21.6 Å². The van der Waals surface area contributed by atoms with Crippen LogP contribution in [0.5, 0.6) is 11.5 Å². The first-order valence-electron chi connectivity index (χ1n) is 10.2. The van der Waals surface area contributed by atoms with Gasteiger partial charge in [0.05, 0.1) is 10.9 Å². The first-order valence-corrected chi connectivity index (χ1v) is 10.2. The summed E-state index contributed by atoms with van der Waals surface area (Å²) in [6.07, 6.45) is -3.47. The number of rotatable bonds is 6. The van der Waals surface area contributed by atoms with Crippen LogP contribution in [0.4, 0.5) is 13.2 Å². The molecule has 2 aromatic carbocycles. The van der Waals surface area contributed by atoms with Crippen molar-refractivity contribution in [1.29, 1.82) is 0 Å². The zero-order valence-corrected chi connectivity index (χ0v) is 17.5. The highest BCUT2D eigenvalue weighted by molar-refractivity contribution is 5.82. The van der Waals surface area contributed by atoms with Gasteiger partial charge in [-0.15, -0.1) is 13.2 Å². The molecule has 32 heavy (non-hydrogen) atoms. The van der Waals surface area contributed by atoms with Crippen LogP contribution in [-0.2, 0) is 0 Å². The van der Waals surface area contributed by atoms with Gasteiger partial charge in [-0.1, -0.05) is 12.1 Å². The van der Waals surface area contributed by atoms with Crippen LogP contribution >= 0.6 is 0 Å². The second kappa shape index (κ2) is 9.22. The van der Waals surface area contributed by atoms with Crippen LogP contribution in [0.25, 0.3) is 22.1 Å². The van der Waals surface area contributed by atoms with Crippen molar-refractivity contribution >= 4 is 11.0 Å². The van der Waals surface area contributed by atoms with E-state index in [9.17, 15) is 18.0 Å². The van der Waals surface area contributed by atoms with Crippen LogP contribution in [0, 0.1) is 0 Å². The molecule has 3 aromatic rings. The predicted octanol–water partition coefficient (Wildman–Crippen LogP) is 3.98. The average Bonchev–Trinajstić information content (AvgIpc) is 2.75. The maximum Gasteiger partial charge on any atom is 0.573 e. The predicted molar refractivity (Wildman–Crippen MR) is 114 cm³/mol. The van der Waals surface area contributed by atoms with Gasteiger partial charge in [-0.3, -0.25) is 9.69 Å². The van der Waals surface area contributed by atoms with Crippen LogP contribution in [0.3, 0.4) is 0 Å². The van der Waals surface area contributed by atoms with Gasteiger partial charge in [0.15, 0.2) is 5.43 Å². The number of fused-ring (bicyclic) bond motifs is 1. The number of nitrogens with zero attached hydrogens (tertiary/aromatic N) is 2. The van der Waals surface area contributed by atoms with E-state index in [1.807, 2.05) is 0 Å². The molecule has 0 amide bonds. The van der Waals surface area contributed by atoms with Gasteiger partial charge in [-0.05, 0) is 36.9 Å². The summed E-state index contributed by atoms with van der Waals surface area (Å²) in [4.78, 5) is 17.5. The highest BCUT2D eigenvalue weighted by Crippen LogP contribution is 2.27. The van der Waals surface area contributed by atoms with Crippen molar-refractivity contribution in [3.8, 4) is 22.6 Å². The van der Waals surface area contributed by atoms with Gasteiger partial charge in [0.2, 0.25) is 0 Å². The molecule has 1 saturated heterocycles. The number of halogens is 3. The molecular weight excluding hydrogens is 425 g/mol. The quantitative estimate of drug-likeness (QED) is 0.569. The molecule has 170 valence electrons. The molecule has 0 saturated carbocycles. The molecule has 1 fully saturated rings. The lowest BCUT2D eigenvalue weighted by Gasteiger charge is -2.32. The Morgan fingerprint density at radius 1 is 1.00 bits per heavy atom. The molecule has 0 radical (unpaired) electrons. The van der Waals surface area contributed by atoms with Crippen molar-refractivity contribution in [1.82, 2.24) is 9.80 Å². The summed E-state index contributed by atoms with van der Waals surface area (Å²) in [6, 6.07) is 10.1. The molecule has 4 rings (SSSR count). The minimum Gasteiger partial charge on any atom is -0.492 e. The minimum atomic E-state index is -4.77. The number of hydrogen-bond acceptors (Lipinski definition) is 6. The second-order valence-corrected chi connectivity index (χ2v) is 7.70. The van der Waals surface area contributed by atoms with E-state index in [0.717, 1.165) is 44.9 Å². The lowest BCUT2D eigenvalue weighted by atomic mass is 10.1. The standard InChI is InChI=1S/C23H23F3N2O4/c1-27-8-10-28(11-9-27)12-13-30-18-6-7-19-21(14-18)31-15-20(22(19)29)16-2-4-17(5-3-16)32-23(24,25)26/h2-7,14-15H,8-13H2,1H3. The normalized spacial score (nSPS) is 15.8. The van der Waals surface area contributed by atoms with Gasteiger partial charge in [0.1, 0.15) is 30.0 Å². The van der Waals surface area contributed by atoms with Crippen LogP contribution in [0.2, 0.25) is 0 Å². The number of hydrogen-bond donors (Lipinski definition) is 0. The summed E-state index contributed by atoms with van der Waals surface area (Å²) < 4.78 is 52.3. The van der Waals surface area contributed by atoms with Crippen LogP contribution in [0.1, 0.15) is 0 Å². The number of likely N-dealkylation sites (N-methyl/N-ethyl adjacent to an activating group) is 1. The fraction of sp³-hybridized carbons (Fsp3) is 0.348. The minimum absolute atomic E-state index is 0.250. The van der Waals surface area contributed by atoms with Gasteiger partial charge in [-0.2, -0.15) is 0 Å². The zero-order chi connectivity index (χ0) is 22.7. The fourth-order valence-corrected chi connectivity index (χ4v) is 3.60. The van der Waals surface area contributed by atoms with Gasteiger partial charge < -0.3 is 18.8 Å². The van der Waals surface area contributed by atoms with Crippen molar-refractivity contribution < 1.29 is 27.1 Å². The molecule has 1 aliphatic heterocycles. The molecule has 0 unspecified atom stereocenters. The first kappa shape index (κ1) is 22.2. The monoisotopic (exact) mass is 448 g/mol. The molecule has 0 atom stereocenters. The van der Waals surface area contributed by atoms with E-state index in [-0.39, 0.29) is 16.7 Å².